The lowest BCUT2D eigenvalue weighted by molar-refractivity contribution is 0.0735. The fourth-order valence-electron chi connectivity index (χ4n) is 4.11. The summed E-state index contributed by atoms with van der Waals surface area (Å²) in [4.78, 5) is 15.2. The number of carbonyl (C=O) groups is 1. The zero-order valence-electron chi connectivity index (χ0n) is 18.1. The number of rotatable bonds is 5. The summed E-state index contributed by atoms with van der Waals surface area (Å²) in [5.41, 5.74) is 1.14. The van der Waals surface area contributed by atoms with Gasteiger partial charge in [0.05, 0.1) is 34.7 Å². The lowest BCUT2D eigenvalue weighted by Gasteiger charge is -2.26. The first-order valence-electron chi connectivity index (χ1n) is 10.8. The van der Waals surface area contributed by atoms with Gasteiger partial charge in [-0.2, -0.15) is 0 Å². The smallest absolute Gasteiger partial charge is 0.255 e. The van der Waals surface area contributed by atoms with Crippen molar-refractivity contribution in [1.29, 1.82) is 0 Å². The molecule has 2 aliphatic heterocycles. The van der Waals surface area contributed by atoms with Crippen molar-refractivity contribution in [2.75, 3.05) is 19.8 Å². The van der Waals surface area contributed by atoms with E-state index in [9.17, 15) is 13.2 Å². The zero-order valence-corrected chi connectivity index (χ0v) is 19.7. The van der Waals surface area contributed by atoms with Crippen molar-refractivity contribution in [3.63, 3.8) is 0 Å². The van der Waals surface area contributed by atoms with E-state index in [1.165, 1.54) is 18.2 Å². The Bertz CT molecular complexity index is 1120. The molecule has 172 valence electrons. The van der Waals surface area contributed by atoms with E-state index in [0.717, 1.165) is 24.8 Å². The first kappa shape index (κ1) is 22.9. The van der Waals surface area contributed by atoms with Crippen LogP contribution >= 0.6 is 11.6 Å². The number of fused-ring (bicyclic) bond motifs is 1. The molecule has 0 saturated carbocycles. The molecule has 2 aromatic carbocycles. The third-order valence-corrected chi connectivity index (χ3v) is 7.53. The molecule has 1 atom stereocenters. The Kier molecular flexibility index (Phi) is 6.65. The molecular weight excluding hydrogens is 452 g/mol. The minimum Gasteiger partial charge on any atom is -0.490 e. The fraction of sp³-hybridized carbons (Fsp3) is 0.435. The summed E-state index contributed by atoms with van der Waals surface area (Å²) in [5.74, 6) is 1.11. The molecule has 0 radical (unpaired) electrons. The van der Waals surface area contributed by atoms with Gasteiger partial charge in [0, 0.05) is 19.0 Å². The number of carbonyl (C=O) groups excluding carboxylic acids is 1. The Morgan fingerprint density at radius 1 is 1.09 bits per heavy atom. The highest BCUT2D eigenvalue weighted by Crippen LogP contribution is 2.39. The van der Waals surface area contributed by atoms with Gasteiger partial charge >= 0.3 is 0 Å². The molecule has 2 heterocycles. The Hall–Kier alpha value is -2.29. The molecule has 0 aliphatic carbocycles. The molecule has 2 aromatic rings. The van der Waals surface area contributed by atoms with Gasteiger partial charge in [-0.3, -0.25) is 4.79 Å². The minimum atomic E-state index is -3.75. The number of benzene rings is 2. The lowest BCUT2D eigenvalue weighted by Crippen LogP contribution is -2.32. The van der Waals surface area contributed by atoms with Gasteiger partial charge < -0.3 is 14.4 Å². The number of nitrogens with one attached hydrogen (secondary N) is 1. The van der Waals surface area contributed by atoms with Gasteiger partial charge in [0.15, 0.2) is 11.5 Å². The second-order valence-electron chi connectivity index (χ2n) is 8.33. The first-order chi connectivity index (χ1) is 15.3. The molecule has 1 N–H and O–H groups in total. The summed E-state index contributed by atoms with van der Waals surface area (Å²) in [7, 11) is -3.75. The van der Waals surface area contributed by atoms with Crippen LogP contribution < -0.4 is 14.2 Å². The molecule has 7 nitrogen and oxygen atoms in total. The molecule has 9 heteroatoms. The number of ether oxygens (including phenoxy) is 2. The van der Waals surface area contributed by atoms with Crippen molar-refractivity contribution in [2.45, 2.75) is 50.1 Å². The fourth-order valence-corrected chi connectivity index (χ4v) is 5.59. The molecule has 0 aromatic heterocycles. The summed E-state index contributed by atoms with van der Waals surface area (Å²) < 4.78 is 39.3. The van der Waals surface area contributed by atoms with Crippen LogP contribution in [0.3, 0.4) is 0 Å². The predicted octanol–water partition coefficient (Wildman–Crippen LogP) is 4.17. The minimum absolute atomic E-state index is 0.0188. The van der Waals surface area contributed by atoms with Gasteiger partial charge in [-0.1, -0.05) is 17.7 Å². The van der Waals surface area contributed by atoms with E-state index in [0.29, 0.717) is 31.3 Å². The maximum atomic E-state index is 13.5. The van der Waals surface area contributed by atoms with Crippen LogP contribution in [-0.2, 0) is 10.0 Å². The number of hydrogen-bond acceptors (Lipinski definition) is 5. The molecular formula is C23H27ClN2O5S. The SMILES string of the molecule is CC(C)NS(=O)(=O)c1ccc(Cl)c(C(=O)N2CCCC2c2ccc3c(c2)OCCCO3)c1. The maximum Gasteiger partial charge on any atom is 0.255 e. The molecule has 1 saturated heterocycles. The highest BCUT2D eigenvalue weighted by atomic mass is 35.5. The molecule has 4 rings (SSSR count). The number of sulfonamides is 1. The average molecular weight is 479 g/mol. The van der Waals surface area contributed by atoms with E-state index in [1.807, 2.05) is 18.2 Å². The van der Waals surface area contributed by atoms with Crippen molar-refractivity contribution in [3.05, 3.63) is 52.5 Å². The van der Waals surface area contributed by atoms with Gasteiger partial charge in [-0.15, -0.1) is 0 Å². The van der Waals surface area contributed by atoms with Crippen LogP contribution in [0.1, 0.15) is 55.1 Å². The monoisotopic (exact) mass is 478 g/mol. The highest BCUT2D eigenvalue weighted by molar-refractivity contribution is 7.89. The molecule has 1 unspecified atom stereocenters. The lowest BCUT2D eigenvalue weighted by atomic mass is 10.0. The van der Waals surface area contributed by atoms with Gasteiger partial charge in [0.25, 0.3) is 5.91 Å². The van der Waals surface area contributed by atoms with E-state index in [1.54, 1.807) is 18.7 Å². The molecule has 2 aliphatic rings. The summed E-state index contributed by atoms with van der Waals surface area (Å²) >= 11 is 6.33. The van der Waals surface area contributed by atoms with E-state index in [2.05, 4.69) is 4.72 Å². The molecule has 0 spiro atoms. The zero-order chi connectivity index (χ0) is 22.9. The number of amides is 1. The second-order valence-corrected chi connectivity index (χ2v) is 10.5. The van der Waals surface area contributed by atoms with Crippen LogP contribution in [0.25, 0.3) is 0 Å². The van der Waals surface area contributed by atoms with Gasteiger partial charge in [0.2, 0.25) is 10.0 Å². The Morgan fingerprint density at radius 2 is 1.84 bits per heavy atom. The van der Waals surface area contributed by atoms with Gasteiger partial charge in [0.1, 0.15) is 0 Å². The van der Waals surface area contributed by atoms with Crippen molar-refractivity contribution in [2.24, 2.45) is 0 Å². The van der Waals surface area contributed by atoms with Gasteiger partial charge in [-0.25, -0.2) is 13.1 Å². The Balaban J connectivity index is 1.63. The third-order valence-electron chi connectivity index (χ3n) is 5.54. The Morgan fingerprint density at radius 3 is 2.59 bits per heavy atom. The summed E-state index contributed by atoms with van der Waals surface area (Å²) in [5, 5.41) is 0.225. The van der Waals surface area contributed by atoms with Crippen LogP contribution in [-0.4, -0.2) is 45.0 Å². The number of hydrogen-bond donors (Lipinski definition) is 1. The first-order valence-corrected chi connectivity index (χ1v) is 12.6. The van der Waals surface area contributed by atoms with E-state index >= 15 is 0 Å². The second kappa shape index (κ2) is 9.29. The average Bonchev–Trinajstić information content (AvgIpc) is 3.11. The number of nitrogens with zero attached hydrogens (tertiary/aromatic N) is 1. The topological polar surface area (TPSA) is 84.9 Å². The number of likely N-dealkylation sites (tertiary alicyclic amines) is 1. The van der Waals surface area contributed by atoms with Crippen molar-refractivity contribution < 1.29 is 22.7 Å². The van der Waals surface area contributed by atoms with E-state index in [4.69, 9.17) is 21.1 Å². The predicted molar refractivity (Wildman–Crippen MR) is 122 cm³/mol. The summed E-state index contributed by atoms with van der Waals surface area (Å²) in [6.07, 6.45) is 2.47. The van der Waals surface area contributed by atoms with Crippen molar-refractivity contribution in [3.8, 4) is 11.5 Å². The number of halogens is 1. The van der Waals surface area contributed by atoms with Crippen LogP contribution in [0.5, 0.6) is 11.5 Å². The molecule has 1 fully saturated rings. The van der Waals surface area contributed by atoms with Crippen LogP contribution in [0, 0.1) is 0 Å². The largest absolute Gasteiger partial charge is 0.490 e. The van der Waals surface area contributed by atoms with E-state index in [-0.39, 0.29) is 33.5 Å². The maximum absolute atomic E-state index is 13.5. The quantitative estimate of drug-likeness (QED) is 0.697. The molecule has 32 heavy (non-hydrogen) atoms. The van der Waals surface area contributed by atoms with E-state index < -0.39 is 10.0 Å². The van der Waals surface area contributed by atoms with Gasteiger partial charge in [-0.05, 0) is 62.6 Å². The van der Waals surface area contributed by atoms with Crippen LogP contribution in [0.15, 0.2) is 41.3 Å². The van der Waals surface area contributed by atoms with Crippen LogP contribution in [0.4, 0.5) is 0 Å². The molecule has 0 bridgehead atoms. The normalized spacial score (nSPS) is 18.6. The van der Waals surface area contributed by atoms with Crippen LogP contribution in [0.2, 0.25) is 5.02 Å². The van der Waals surface area contributed by atoms with Crippen molar-refractivity contribution >= 4 is 27.5 Å². The summed E-state index contributed by atoms with van der Waals surface area (Å²) in [6.45, 7) is 5.25. The molecule has 1 amide bonds. The summed E-state index contributed by atoms with van der Waals surface area (Å²) in [6, 6.07) is 9.59. The standard InChI is InChI=1S/C23H27ClN2O5S/c1-15(2)25-32(28,29)17-7-8-19(24)18(14-17)23(27)26-10-3-5-20(26)16-6-9-21-22(13-16)31-12-4-11-30-21/h6-9,13-15,20,25H,3-5,10-12H2,1-2H3. The third kappa shape index (κ3) is 4.72. The van der Waals surface area contributed by atoms with Crippen molar-refractivity contribution in [1.82, 2.24) is 9.62 Å². The Labute approximate surface area is 193 Å². The highest BCUT2D eigenvalue weighted by Gasteiger charge is 2.33.